The number of aliphatic carboxylic acids is 1. The zero-order chi connectivity index (χ0) is 29.1. The Balaban J connectivity index is 1.41. The number of nitrogens with one attached hydrogen (secondary N) is 1. The minimum atomic E-state index is -1.46. The second-order valence-corrected chi connectivity index (χ2v) is 10.7. The van der Waals surface area contributed by atoms with Crippen LogP contribution < -0.4 is 11.1 Å². The smallest absolute Gasteiger partial charge is 0.309 e. The van der Waals surface area contributed by atoms with Gasteiger partial charge in [0.25, 0.3) is 0 Å². The van der Waals surface area contributed by atoms with Crippen LogP contribution in [0.15, 0.2) is 53.3 Å². The quantitative estimate of drug-likeness (QED) is 0.269. The number of carbonyl (C=O) groups is 2. The van der Waals surface area contributed by atoms with Crippen molar-refractivity contribution in [3.8, 4) is 11.5 Å². The molecule has 4 aromatic heterocycles. The van der Waals surface area contributed by atoms with Crippen LogP contribution in [0.3, 0.4) is 0 Å². The largest absolute Gasteiger partial charge is 0.481 e. The molecular weight excluding hydrogens is 531 g/mol. The van der Waals surface area contributed by atoms with Crippen molar-refractivity contribution in [2.45, 2.75) is 39.2 Å². The molecule has 0 fully saturated rings. The fourth-order valence-electron chi connectivity index (χ4n) is 4.94. The molecule has 208 valence electrons. The van der Waals surface area contributed by atoms with Gasteiger partial charge in [0.05, 0.1) is 28.6 Å². The maximum Gasteiger partial charge on any atom is 0.309 e. The second-order valence-electron chi connectivity index (χ2n) is 10.7. The van der Waals surface area contributed by atoms with Gasteiger partial charge in [-0.2, -0.15) is 5.10 Å². The third-order valence-corrected chi connectivity index (χ3v) is 7.30. The zero-order valence-electron chi connectivity index (χ0n) is 22.3. The van der Waals surface area contributed by atoms with E-state index in [-0.39, 0.29) is 47.7 Å². The van der Waals surface area contributed by atoms with Crippen molar-refractivity contribution >= 4 is 34.5 Å². The summed E-state index contributed by atoms with van der Waals surface area (Å²) >= 11 is 0. The molecule has 0 spiro atoms. The molecule has 6 rings (SSSR count). The molecule has 1 aliphatic heterocycles. The molecule has 5 aromatic rings. The minimum Gasteiger partial charge on any atom is -0.481 e. The lowest BCUT2D eigenvalue weighted by Gasteiger charge is -2.19. The first-order valence-corrected chi connectivity index (χ1v) is 12.7. The predicted molar refractivity (Wildman–Crippen MR) is 145 cm³/mol. The average molecular weight is 557 g/mol. The van der Waals surface area contributed by atoms with Crippen LogP contribution in [-0.2, 0) is 28.0 Å². The van der Waals surface area contributed by atoms with Crippen LogP contribution in [-0.4, -0.2) is 46.7 Å². The standard InChI is InChI=1S/C28H25FN8O4/c1-27(2,26(39)40)11-15-13-41-25(32-15)28(3)18-20(30)33-22(34-21(18)35-24(28)38)19-16-8-6-10-31-23(16)37(36-19)12-14-7-4-5-9-17(14)29/h4-10,13H,11-12H2,1-3H3,(H,39,40)(H3,30,33,34,35,38)/t28-/m1/s1. The topological polar surface area (TPSA) is 175 Å². The lowest BCUT2D eigenvalue weighted by molar-refractivity contribution is -0.146. The third-order valence-electron chi connectivity index (χ3n) is 7.30. The van der Waals surface area contributed by atoms with Gasteiger partial charge in [-0.15, -0.1) is 0 Å². The van der Waals surface area contributed by atoms with Gasteiger partial charge in [-0.05, 0) is 39.0 Å². The van der Waals surface area contributed by atoms with Gasteiger partial charge in [-0.25, -0.2) is 29.0 Å². The van der Waals surface area contributed by atoms with Crippen molar-refractivity contribution < 1.29 is 23.5 Å². The van der Waals surface area contributed by atoms with Crippen LogP contribution in [0.2, 0.25) is 0 Å². The summed E-state index contributed by atoms with van der Waals surface area (Å²) in [5.74, 6) is -1.46. The number of rotatable bonds is 7. The van der Waals surface area contributed by atoms with E-state index in [0.717, 1.165) is 0 Å². The lowest BCUT2D eigenvalue weighted by Crippen LogP contribution is -2.33. The summed E-state index contributed by atoms with van der Waals surface area (Å²) in [6.45, 7) is 4.87. The maximum absolute atomic E-state index is 14.4. The molecule has 1 atom stereocenters. The number of pyridine rings is 1. The number of carboxylic acid groups (broad SMARTS) is 1. The van der Waals surface area contributed by atoms with Gasteiger partial charge in [0.2, 0.25) is 11.8 Å². The highest BCUT2D eigenvalue weighted by molar-refractivity contribution is 6.08. The fourth-order valence-corrected chi connectivity index (χ4v) is 4.94. The number of hydrogen-bond acceptors (Lipinski definition) is 9. The first kappa shape index (κ1) is 26.0. The number of oxazole rings is 1. The predicted octanol–water partition coefficient (Wildman–Crippen LogP) is 3.56. The molecule has 41 heavy (non-hydrogen) atoms. The highest BCUT2D eigenvalue weighted by Crippen LogP contribution is 2.45. The highest BCUT2D eigenvalue weighted by Gasteiger charge is 2.51. The van der Waals surface area contributed by atoms with Crippen molar-refractivity contribution in [2.75, 3.05) is 11.1 Å². The van der Waals surface area contributed by atoms with Crippen LogP contribution >= 0.6 is 0 Å². The van der Waals surface area contributed by atoms with Gasteiger partial charge in [0.1, 0.15) is 29.4 Å². The normalized spacial score (nSPS) is 16.6. The molecule has 0 saturated heterocycles. The van der Waals surface area contributed by atoms with Gasteiger partial charge in [-0.1, -0.05) is 18.2 Å². The SMILES string of the molecule is CC(C)(Cc1coc([C@@]2(C)C(=O)Nc3nc(-c4nn(Cc5ccccc5F)c5ncccc45)nc(N)c32)n1)C(=O)O. The Labute approximate surface area is 232 Å². The Morgan fingerprint density at radius 1 is 1.20 bits per heavy atom. The summed E-state index contributed by atoms with van der Waals surface area (Å²) in [6, 6.07) is 9.94. The molecule has 0 bridgehead atoms. The summed E-state index contributed by atoms with van der Waals surface area (Å²) < 4.78 is 21.6. The lowest BCUT2D eigenvalue weighted by atomic mass is 9.84. The Morgan fingerprint density at radius 3 is 2.73 bits per heavy atom. The van der Waals surface area contributed by atoms with Crippen LogP contribution in [0.25, 0.3) is 22.6 Å². The minimum absolute atomic E-state index is 0.0113. The molecule has 0 aliphatic carbocycles. The second kappa shape index (κ2) is 9.18. The monoisotopic (exact) mass is 556 g/mol. The molecule has 0 unspecified atom stereocenters. The van der Waals surface area contributed by atoms with Crippen LogP contribution in [0.4, 0.5) is 16.0 Å². The van der Waals surface area contributed by atoms with Crippen molar-refractivity contribution in [1.82, 2.24) is 29.7 Å². The Morgan fingerprint density at radius 2 is 1.98 bits per heavy atom. The Kier molecular flexibility index (Phi) is 5.83. The van der Waals surface area contributed by atoms with Crippen LogP contribution in [0.5, 0.6) is 0 Å². The Bertz CT molecular complexity index is 1860. The van der Waals surface area contributed by atoms with Gasteiger partial charge in [0, 0.05) is 18.2 Å². The summed E-state index contributed by atoms with van der Waals surface area (Å²) in [4.78, 5) is 42.8. The average Bonchev–Trinajstić information content (AvgIpc) is 3.61. The van der Waals surface area contributed by atoms with Gasteiger partial charge >= 0.3 is 5.97 Å². The molecule has 12 nitrogen and oxygen atoms in total. The number of nitrogens with zero attached hydrogens (tertiary/aromatic N) is 6. The maximum atomic E-state index is 14.4. The van der Waals surface area contributed by atoms with Crippen LogP contribution in [0.1, 0.15) is 43.5 Å². The summed E-state index contributed by atoms with van der Waals surface area (Å²) in [7, 11) is 0. The number of fused-ring (bicyclic) bond motifs is 2. The molecule has 0 saturated carbocycles. The summed E-state index contributed by atoms with van der Waals surface area (Å²) in [6.07, 6.45) is 3.04. The number of aromatic nitrogens is 6. The number of benzene rings is 1. The number of nitrogen functional groups attached to an aromatic ring is 1. The van der Waals surface area contributed by atoms with E-state index >= 15 is 0 Å². The van der Waals surface area contributed by atoms with E-state index in [0.29, 0.717) is 28.0 Å². The van der Waals surface area contributed by atoms with E-state index in [1.165, 1.54) is 12.3 Å². The number of anilines is 2. The first-order chi connectivity index (χ1) is 19.5. The van der Waals surface area contributed by atoms with E-state index < -0.39 is 22.7 Å². The molecule has 0 radical (unpaired) electrons. The van der Waals surface area contributed by atoms with Crippen molar-refractivity contribution in [2.24, 2.45) is 5.41 Å². The van der Waals surface area contributed by atoms with Gasteiger partial charge < -0.3 is 20.6 Å². The Hall–Kier alpha value is -5.20. The van der Waals surface area contributed by atoms with E-state index in [1.807, 2.05) is 0 Å². The zero-order valence-corrected chi connectivity index (χ0v) is 22.3. The van der Waals surface area contributed by atoms with E-state index in [9.17, 15) is 19.1 Å². The van der Waals surface area contributed by atoms with E-state index in [4.69, 9.17) is 10.2 Å². The van der Waals surface area contributed by atoms with E-state index in [1.54, 1.807) is 62.0 Å². The van der Waals surface area contributed by atoms with Gasteiger partial charge in [0.15, 0.2) is 16.9 Å². The number of carbonyl (C=O) groups excluding carboxylic acids is 1. The highest BCUT2D eigenvalue weighted by atomic mass is 19.1. The molecule has 1 aliphatic rings. The molecule has 4 N–H and O–H groups in total. The van der Waals surface area contributed by atoms with Gasteiger partial charge in [-0.3, -0.25) is 9.59 Å². The molecule has 5 heterocycles. The molecular formula is C28H25FN8O4. The van der Waals surface area contributed by atoms with Crippen molar-refractivity contribution in [1.29, 1.82) is 0 Å². The van der Waals surface area contributed by atoms with E-state index in [2.05, 4.69) is 30.4 Å². The summed E-state index contributed by atoms with van der Waals surface area (Å²) in [5.41, 5.74) is 5.84. The summed E-state index contributed by atoms with van der Waals surface area (Å²) in [5, 5.41) is 17.5. The van der Waals surface area contributed by atoms with Crippen molar-refractivity contribution in [3.63, 3.8) is 0 Å². The third kappa shape index (κ3) is 4.17. The van der Waals surface area contributed by atoms with Crippen molar-refractivity contribution in [3.05, 3.63) is 77.4 Å². The number of halogens is 1. The molecule has 1 aromatic carbocycles. The molecule has 13 heteroatoms. The molecule has 1 amide bonds. The number of amides is 1. The fraction of sp³-hybridized carbons (Fsp3) is 0.250. The number of carboxylic acids is 1. The number of hydrogen-bond donors (Lipinski definition) is 3. The first-order valence-electron chi connectivity index (χ1n) is 12.7. The van der Waals surface area contributed by atoms with Crippen LogP contribution in [0, 0.1) is 11.2 Å². The number of nitrogens with two attached hydrogens (primary N) is 1.